The number of hydrogen-bond donors (Lipinski definition) is 2. The van der Waals surface area contributed by atoms with Crippen molar-refractivity contribution in [3.8, 4) is 0 Å². The number of rotatable bonds is 6. The van der Waals surface area contributed by atoms with Crippen molar-refractivity contribution in [2.24, 2.45) is 5.92 Å². The van der Waals surface area contributed by atoms with Gasteiger partial charge in [0.1, 0.15) is 12.0 Å². The van der Waals surface area contributed by atoms with Crippen LogP contribution in [0.25, 0.3) is 0 Å². The van der Waals surface area contributed by atoms with Gasteiger partial charge in [0.15, 0.2) is 11.6 Å². The van der Waals surface area contributed by atoms with E-state index >= 15 is 0 Å². The van der Waals surface area contributed by atoms with Gasteiger partial charge in [0, 0.05) is 19.6 Å². The molecule has 0 radical (unpaired) electrons. The van der Waals surface area contributed by atoms with Crippen molar-refractivity contribution in [3.63, 3.8) is 0 Å². The zero-order chi connectivity index (χ0) is 19.2. The van der Waals surface area contributed by atoms with Gasteiger partial charge in [-0.05, 0) is 36.3 Å². The number of hydrogen-bond acceptors (Lipinski definition) is 5. The van der Waals surface area contributed by atoms with Gasteiger partial charge in [0.2, 0.25) is 0 Å². The smallest absolute Gasteiger partial charge is 0.157 e. The molecule has 4 rings (SSSR count). The molecule has 2 aromatic carbocycles. The summed E-state index contributed by atoms with van der Waals surface area (Å²) < 4.78 is 0. The van der Waals surface area contributed by atoms with Crippen molar-refractivity contribution in [2.75, 3.05) is 29.0 Å². The molecule has 1 saturated heterocycles. The van der Waals surface area contributed by atoms with E-state index in [1.54, 1.807) is 6.33 Å². The second kappa shape index (κ2) is 8.74. The first-order valence-corrected chi connectivity index (χ1v) is 9.97. The van der Waals surface area contributed by atoms with Gasteiger partial charge in [0.25, 0.3) is 0 Å². The molecule has 1 aliphatic heterocycles. The van der Waals surface area contributed by atoms with E-state index in [9.17, 15) is 0 Å². The highest BCUT2D eigenvalue weighted by Crippen LogP contribution is 2.30. The summed E-state index contributed by atoms with van der Waals surface area (Å²) in [6.07, 6.45) is 5.07. The first kappa shape index (κ1) is 18.3. The van der Waals surface area contributed by atoms with Gasteiger partial charge >= 0.3 is 0 Å². The third-order valence-corrected chi connectivity index (χ3v) is 5.45. The molecule has 144 valence electrons. The standard InChI is InChI=1S/C23H27N5/c24-21-22(25-16-20-9-5-2-6-10-20)26-17-27-23(21)28-13-11-19(12-14-28)15-18-7-3-1-4-8-18/h1-10,17,19H,11-16,24H2,(H,25,26,27). The summed E-state index contributed by atoms with van der Waals surface area (Å²) in [7, 11) is 0. The number of nitrogen functional groups attached to an aromatic ring is 1. The highest BCUT2D eigenvalue weighted by Gasteiger charge is 2.23. The van der Waals surface area contributed by atoms with E-state index < -0.39 is 0 Å². The molecule has 0 spiro atoms. The Labute approximate surface area is 166 Å². The molecule has 0 atom stereocenters. The third kappa shape index (κ3) is 4.42. The van der Waals surface area contributed by atoms with Gasteiger partial charge in [-0.15, -0.1) is 0 Å². The number of piperidine rings is 1. The highest BCUT2D eigenvalue weighted by atomic mass is 15.2. The lowest BCUT2D eigenvalue weighted by Gasteiger charge is -2.33. The van der Waals surface area contributed by atoms with Crippen molar-refractivity contribution in [1.29, 1.82) is 0 Å². The summed E-state index contributed by atoms with van der Waals surface area (Å²) >= 11 is 0. The van der Waals surface area contributed by atoms with E-state index in [0.717, 1.165) is 44.1 Å². The van der Waals surface area contributed by atoms with Crippen LogP contribution in [0.3, 0.4) is 0 Å². The first-order chi connectivity index (χ1) is 13.8. The van der Waals surface area contributed by atoms with Crippen LogP contribution >= 0.6 is 0 Å². The van der Waals surface area contributed by atoms with Crippen LogP contribution in [-0.2, 0) is 13.0 Å². The molecular formula is C23H27N5. The Balaban J connectivity index is 1.37. The molecule has 1 aromatic heterocycles. The van der Waals surface area contributed by atoms with Crippen molar-refractivity contribution >= 4 is 17.3 Å². The van der Waals surface area contributed by atoms with E-state index in [1.807, 2.05) is 18.2 Å². The molecule has 5 nitrogen and oxygen atoms in total. The maximum absolute atomic E-state index is 6.41. The Bertz CT molecular complexity index is 874. The van der Waals surface area contributed by atoms with E-state index in [-0.39, 0.29) is 0 Å². The Morgan fingerprint density at radius 1 is 0.893 bits per heavy atom. The minimum atomic E-state index is 0.639. The van der Waals surface area contributed by atoms with Gasteiger partial charge in [0.05, 0.1) is 0 Å². The predicted octanol–water partition coefficient (Wildman–Crippen LogP) is 4.13. The number of nitrogens with two attached hydrogens (primary N) is 1. The maximum atomic E-state index is 6.41. The van der Waals surface area contributed by atoms with Gasteiger partial charge in [-0.25, -0.2) is 9.97 Å². The van der Waals surface area contributed by atoms with Gasteiger partial charge < -0.3 is 16.0 Å². The van der Waals surface area contributed by atoms with Crippen LogP contribution in [0, 0.1) is 5.92 Å². The molecule has 3 aromatic rings. The molecule has 28 heavy (non-hydrogen) atoms. The SMILES string of the molecule is Nc1c(NCc2ccccc2)ncnc1N1CCC(Cc2ccccc2)CC1. The average molecular weight is 374 g/mol. The molecular weight excluding hydrogens is 346 g/mol. The Morgan fingerprint density at radius 3 is 2.21 bits per heavy atom. The second-order valence-electron chi connectivity index (χ2n) is 7.42. The zero-order valence-corrected chi connectivity index (χ0v) is 16.1. The van der Waals surface area contributed by atoms with Crippen LogP contribution in [0.15, 0.2) is 67.0 Å². The second-order valence-corrected chi connectivity index (χ2v) is 7.42. The van der Waals surface area contributed by atoms with Crippen LogP contribution < -0.4 is 16.0 Å². The predicted molar refractivity (Wildman–Crippen MR) is 115 cm³/mol. The fraction of sp³-hybridized carbons (Fsp3) is 0.304. The van der Waals surface area contributed by atoms with Crippen LogP contribution in [-0.4, -0.2) is 23.1 Å². The summed E-state index contributed by atoms with van der Waals surface area (Å²) in [6, 6.07) is 21.0. The molecule has 0 amide bonds. The number of nitrogens with one attached hydrogen (secondary N) is 1. The van der Waals surface area contributed by atoms with Crippen molar-refractivity contribution in [1.82, 2.24) is 9.97 Å². The number of aromatic nitrogens is 2. The Hall–Kier alpha value is -3.08. The van der Waals surface area contributed by atoms with Crippen LogP contribution in [0.4, 0.5) is 17.3 Å². The van der Waals surface area contributed by atoms with Crippen LogP contribution in [0.2, 0.25) is 0 Å². The largest absolute Gasteiger partial charge is 0.393 e. The molecule has 0 aliphatic carbocycles. The lowest BCUT2D eigenvalue weighted by atomic mass is 9.90. The lowest BCUT2D eigenvalue weighted by molar-refractivity contribution is 0.402. The summed E-state index contributed by atoms with van der Waals surface area (Å²) in [4.78, 5) is 11.1. The quantitative estimate of drug-likeness (QED) is 0.680. The molecule has 5 heteroatoms. The normalized spacial score (nSPS) is 14.8. The third-order valence-electron chi connectivity index (χ3n) is 5.45. The summed E-state index contributed by atoms with van der Waals surface area (Å²) in [5.41, 5.74) is 9.67. The van der Waals surface area contributed by atoms with E-state index in [0.29, 0.717) is 18.1 Å². The number of anilines is 3. The van der Waals surface area contributed by atoms with Gasteiger partial charge in [-0.2, -0.15) is 0 Å². The summed E-state index contributed by atoms with van der Waals surface area (Å²) in [6.45, 7) is 2.66. The number of benzene rings is 2. The van der Waals surface area contributed by atoms with Crippen molar-refractivity contribution in [2.45, 2.75) is 25.8 Å². The number of nitrogens with zero attached hydrogens (tertiary/aromatic N) is 3. The highest BCUT2D eigenvalue weighted by molar-refractivity contribution is 5.75. The van der Waals surface area contributed by atoms with Crippen molar-refractivity contribution in [3.05, 3.63) is 78.1 Å². The van der Waals surface area contributed by atoms with Crippen molar-refractivity contribution < 1.29 is 0 Å². The Kier molecular flexibility index (Phi) is 5.71. The molecule has 1 fully saturated rings. The maximum Gasteiger partial charge on any atom is 0.157 e. The van der Waals surface area contributed by atoms with Gasteiger partial charge in [-0.3, -0.25) is 0 Å². The van der Waals surface area contributed by atoms with Crippen LogP contribution in [0.1, 0.15) is 24.0 Å². The molecule has 0 saturated carbocycles. The van der Waals surface area contributed by atoms with Crippen LogP contribution in [0.5, 0.6) is 0 Å². The minimum absolute atomic E-state index is 0.639. The lowest BCUT2D eigenvalue weighted by Crippen LogP contribution is -2.35. The molecule has 0 bridgehead atoms. The molecule has 3 N–H and O–H groups in total. The summed E-state index contributed by atoms with van der Waals surface area (Å²) in [5.74, 6) is 2.28. The average Bonchev–Trinajstić information content (AvgIpc) is 2.75. The topological polar surface area (TPSA) is 67.1 Å². The molecule has 1 aliphatic rings. The fourth-order valence-electron chi connectivity index (χ4n) is 3.86. The van der Waals surface area contributed by atoms with E-state index in [2.05, 4.69) is 62.6 Å². The van der Waals surface area contributed by atoms with Gasteiger partial charge in [-0.1, -0.05) is 60.7 Å². The fourth-order valence-corrected chi connectivity index (χ4v) is 3.86. The van der Waals surface area contributed by atoms with E-state index in [1.165, 1.54) is 11.1 Å². The minimum Gasteiger partial charge on any atom is -0.393 e. The van der Waals surface area contributed by atoms with E-state index in [4.69, 9.17) is 5.73 Å². The monoisotopic (exact) mass is 373 g/mol. The zero-order valence-electron chi connectivity index (χ0n) is 16.1. The molecule has 2 heterocycles. The summed E-state index contributed by atoms with van der Waals surface area (Å²) in [5, 5.41) is 3.35. The molecule has 0 unspecified atom stereocenters. The Morgan fingerprint density at radius 2 is 1.54 bits per heavy atom. The first-order valence-electron chi connectivity index (χ1n) is 9.97.